The topological polar surface area (TPSA) is 26.3 Å². The SMILES string of the molecule is C=C(F)C(=O)OC1CC2CC1C1(F)C(F)(F)C(F)(F)C(F)(F)C21F. The summed E-state index contributed by atoms with van der Waals surface area (Å²) in [5.74, 6) is -26.5. The molecule has 0 aliphatic heterocycles. The maximum atomic E-state index is 14.9. The number of ether oxygens (including phenoxy) is 1. The lowest BCUT2D eigenvalue weighted by Crippen LogP contribution is -2.63. The molecule has 0 heterocycles. The van der Waals surface area contributed by atoms with Gasteiger partial charge in [-0.1, -0.05) is 6.58 Å². The molecule has 0 N–H and O–H groups in total. The highest BCUT2D eigenvalue weighted by Crippen LogP contribution is 2.79. The van der Waals surface area contributed by atoms with Crippen molar-refractivity contribution in [1.82, 2.24) is 0 Å². The highest BCUT2D eigenvalue weighted by molar-refractivity contribution is 5.85. The molecule has 2 nitrogen and oxygen atoms in total. The third-order valence-corrected chi connectivity index (χ3v) is 5.29. The van der Waals surface area contributed by atoms with Crippen LogP contribution in [0.5, 0.6) is 0 Å². The zero-order valence-corrected chi connectivity index (χ0v) is 11.6. The maximum absolute atomic E-state index is 14.9. The van der Waals surface area contributed by atoms with Crippen molar-refractivity contribution in [2.75, 3.05) is 0 Å². The zero-order chi connectivity index (χ0) is 18.5. The summed E-state index contributed by atoms with van der Waals surface area (Å²) in [5.41, 5.74) is -9.79. The van der Waals surface area contributed by atoms with Gasteiger partial charge in [0, 0.05) is 11.8 Å². The minimum Gasteiger partial charge on any atom is -0.457 e. The van der Waals surface area contributed by atoms with Crippen LogP contribution in [-0.2, 0) is 9.53 Å². The highest BCUT2D eigenvalue weighted by Gasteiger charge is 3.04. The summed E-state index contributed by atoms with van der Waals surface area (Å²) in [4.78, 5) is 11.1. The Labute approximate surface area is 128 Å². The number of esters is 1. The molecule has 0 radical (unpaired) electrons. The first-order valence-electron chi connectivity index (χ1n) is 6.74. The molecule has 11 heteroatoms. The molecule has 3 fully saturated rings. The minimum absolute atomic E-state index is 0.909. The number of alkyl halides is 8. The van der Waals surface area contributed by atoms with Crippen LogP contribution in [0, 0.1) is 11.8 Å². The first-order valence-corrected chi connectivity index (χ1v) is 6.74. The van der Waals surface area contributed by atoms with Crippen molar-refractivity contribution in [3.8, 4) is 0 Å². The van der Waals surface area contributed by atoms with E-state index in [9.17, 15) is 44.3 Å². The summed E-state index contributed by atoms with van der Waals surface area (Å²) >= 11 is 0. The van der Waals surface area contributed by atoms with Gasteiger partial charge >= 0.3 is 23.7 Å². The number of fused-ring (bicyclic) bond motifs is 5. The van der Waals surface area contributed by atoms with Crippen LogP contribution in [-0.4, -0.2) is 41.2 Å². The molecule has 3 aliphatic carbocycles. The average molecular weight is 368 g/mol. The van der Waals surface area contributed by atoms with Crippen LogP contribution in [0.3, 0.4) is 0 Å². The Hall–Kier alpha value is -1.42. The third-order valence-electron chi connectivity index (χ3n) is 5.29. The van der Waals surface area contributed by atoms with E-state index >= 15 is 0 Å². The fourth-order valence-electron chi connectivity index (χ4n) is 4.24. The molecular weight excluding hydrogens is 359 g/mol. The predicted molar refractivity (Wildman–Crippen MR) is 58.9 cm³/mol. The van der Waals surface area contributed by atoms with E-state index in [1.54, 1.807) is 0 Å². The molecule has 3 saturated carbocycles. The molecule has 3 rings (SSSR count). The second kappa shape index (κ2) is 4.21. The molecule has 136 valence electrons. The minimum atomic E-state index is -6.27. The van der Waals surface area contributed by atoms with Gasteiger partial charge in [-0.15, -0.1) is 0 Å². The average Bonchev–Trinajstić information content (AvgIpc) is 2.98. The number of hydrogen-bond donors (Lipinski definition) is 0. The molecule has 3 aliphatic rings. The van der Waals surface area contributed by atoms with Crippen LogP contribution in [0.1, 0.15) is 12.8 Å². The van der Waals surface area contributed by atoms with E-state index in [0.29, 0.717) is 0 Å². The molecule has 5 atom stereocenters. The fraction of sp³-hybridized carbons (Fsp3) is 0.769. The van der Waals surface area contributed by atoms with Crippen molar-refractivity contribution < 1.29 is 49.0 Å². The normalized spacial score (nSPS) is 46.6. The van der Waals surface area contributed by atoms with Crippen LogP contribution in [0.25, 0.3) is 0 Å². The lowest BCUT2D eigenvalue weighted by molar-refractivity contribution is -0.298. The second-order valence-electron chi connectivity index (χ2n) is 6.27. The molecule has 0 aromatic carbocycles. The monoisotopic (exact) mass is 368 g/mol. The Balaban J connectivity index is 2.09. The predicted octanol–water partition coefficient (Wildman–Crippen LogP) is 3.76. The van der Waals surface area contributed by atoms with Crippen molar-refractivity contribution in [3.05, 3.63) is 12.4 Å². The van der Waals surface area contributed by atoms with Crippen molar-refractivity contribution in [1.29, 1.82) is 0 Å². The molecular formula is C13H9F9O2. The van der Waals surface area contributed by atoms with Gasteiger partial charge in [0.15, 0.2) is 0 Å². The lowest BCUT2D eigenvalue weighted by Gasteiger charge is -2.42. The number of hydrogen-bond acceptors (Lipinski definition) is 2. The number of rotatable bonds is 2. The third kappa shape index (κ3) is 1.38. The van der Waals surface area contributed by atoms with Crippen molar-refractivity contribution in [2.24, 2.45) is 11.8 Å². The standard InChI is InChI=1S/C13H9F9O2/c1-4(14)8(23)24-7-3-5-2-6(7)10(16)9(5,15)11(17,18)13(21,22)12(10,19)20/h5-7H,1-3H2. The summed E-state index contributed by atoms with van der Waals surface area (Å²) in [5, 5.41) is 0. The Bertz CT molecular complexity index is 633. The number of carbonyl (C=O) groups excluding carboxylic acids is 1. The first kappa shape index (κ1) is 17.4. The first-order chi connectivity index (χ1) is 10.7. The van der Waals surface area contributed by atoms with E-state index in [-0.39, 0.29) is 0 Å². The van der Waals surface area contributed by atoms with Crippen LogP contribution in [0.2, 0.25) is 0 Å². The molecule has 0 amide bonds. The molecule has 0 aromatic heterocycles. The van der Waals surface area contributed by atoms with Gasteiger partial charge in [0.05, 0.1) is 0 Å². The summed E-state index contributed by atoms with van der Waals surface area (Å²) in [6.45, 7) is 2.53. The van der Waals surface area contributed by atoms with Gasteiger partial charge in [-0.3, -0.25) is 0 Å². The van der Waals surface area contributed by atoms with Crippen molar-refractivity contribution >= 4 is 5.97 Å². The summed E-state index contributed by atoms with van der Waals surface area (Å²) in [6, 6.07) is 0. The van der Waals surface area contributed by atoms with Gasteiger partial charge in [-0.05, 0) is 12.8 Å². The fourth-order valence-corrected chi connectivity index (χ4v) is 4.24. The summed E-state index contributed by atoms with van der Waals surface area (Å²) < 4.78 is 129. The Morgan fingerprint density at radius 1 is 0.875 bits per heavy atom. The van der Waals surface area contributed by atoms with Crippen LogP contribution in [0.4, 0.5) is 39.5 Å². The maximum Gasteiger partial charge on any atom is 0.378 e. The van der Waals surface area contributed by atoms with E-state index in [2.05, 4.69) is 11.3 Å². The Morgan fingerprint density at radius 2 is 1.38 bits per heavy atom. The van der Waals surface area contributed by atoms with Gasteiger partial charge in [-0.2, -0.15) is 30.7 Å². The largest absolute Gasteiger partial charge is 0.457 e. The molecule has 24 heavy (non-hydrogen) atoms. The van der Waals surface area contributed by atoms with E-state index in [4.69, 9.17) is 0 Å². The van der Waals surface area contributed by atoms with Crippen LogP contribution >= 0.6 is 0 Å². The summed E-state index contributed by atoms with van der Waals surface area (Å²) in [6.07, 6.45) is -3.82. The van der Waals surface area contributed by atoms with E-state index in [1.165, 1.54) is 0 Å². The summed E-state index contributed by atoms with van der Waals surface area (Å²) in [7, 11) is 0. The van der Waals surface area contributed by atoms with E-state index in [0.717, 1.165) is 0 Å². The molecule has 5 unspecified atom stereocenters. The number of halogens is 9. The molecule has 0 aromatic rings. The van der Waals surface area contributed by atoms with Gasteiger partial charge in [0.25, 0.3) is 0 Å². The number of carbonyl (C=O) groups is 1. The van der Waals surface area contributed by atoms with Crippen LogP contribution in [0.15, 0.2) is 12.4 Å². The molecule has 2 bridgehead atoms. The van der Waals surface area contributed by atoms with Crippen LogP contribution < -0.4 is 0 Å². The van der Waals surface area contributed by atoms with E-state index in [1.807, 2.05) is 0 Å². The Kier molecular flexibility index (Phi) is 3.05. The lowest BCUT2D eigenvalue weighted by atomic mass is 9.73. The second-order valence-corrected chi connectivity index (χ2v) is 6.27. The Morgan fingerprint density at radius 3 is 1.88 bits per heavy atom. The zero-order valence-electron chi connectivity index (χ0n) is 11.6. The smallest absolute Gasteiger partial charge is 0.378 e. The quantitative estimate of drug-likeness (QED) is 0.422. The van der Waals surface area contributed by atoms with E-state index < -0.39 is 71.7 Å². The van der Waals surface area contributed by atoms with Crippen molar-refractivity contribution in [2.45, 2.75) is 48.1 Å². The van der Waals surface area contributed by atoms with Gasteiger partial charge in [-0.25, -0.2) is 13.6 Å². The van der Waals surface area contributed by atoms with Gasteiger partial charge in [0.2, 0.25) is 17.2 Å². The molecule has 0 spiro atoms. The highest BCUT2D eigenvalue weighted by atomic mass is 19.4. The van der Waals surface area contributed by atoms with Gasteiger partial charge in [0.1, 0.15) is 6.10 Å². The van der Waals surface area contributed by atoms with Gasteiger partial charge < -0.3 is 4.74 Å². The molecule has 0 saturated heterocycles. The van der Waals surface area contributed by atoms with Crippen molar-refractivity contribution in [3.63, 3.8) is 0 Å².